The minimum Gasteiger partial charge on any atom is -0.343 e. The number of halogens is 1. The largest absolute Gasteiger partial charge is 0.346 e. The van der Waals surface area contributed by atoms with Gasteiger partial charge in [0.2, 0.25) is 0 Å². The fourth-order valence-corrected chi connectivity index (χ4v) is 0.538. The van der Waals surface area contributed by atoms with E-state index in [1.54, 1.807) is 0 Å². The molecule has 1 aromatic heterocycles. The van der Waals surface area contributed by atoms with Crippen LogP contribution in [0, 0.1) is 0 Å². The van der Waals surface area contributed by atoms with Crippen LogP contribution in [0.4, 0.5) is 10.2 Å². The molecule has 4 nitrogen and oxygen atoms in total. The molecule has 0 unspecified atom stereocenters. The molecule has 0 bridgehead atoms. The Labute approximate surface area is 56.1 Å². The number of aromatic amines is 1. The first kappa shape index (κ1) is 6.73. The van der Waals surface area contributed by atoms with Gasteiger partial charge in [0.25, 0.3) is 0 Å². The summed E-state index contributed by atoms with van der Waals surface area (Å²) in [5.41, 5.74) is -0.488. The summed E-state index contributed by atoms with van der Waals surface area (Å²) in [5, 5.41) is 2.25. The molecule has 54 valence electrons. The number of nitrogens with zero attached hydrogens (tertiary/aromatic N) is 1. The molecule has 1 rings (SSSR count). The van der Waals surface area contributed by atoms with Crippen LogP contribution in [0.25, 0.3) is 0 Å². The lowest BCUT2D eigenvalue weighted by Gasteiger charge is -1.95. The van der Waals surface area contributed by atoms with E-state index in [4.69, 9.17) is 0 Å². The lowest BCUT2D eigenvalue weighted by atomic mass is 10.6. The van der Waals surface area contributed by atoms with Gasteiger partial charge in [-0.05, 0) is 6.07 Å². The van der Waals surface area contributed by atoms with Gasteiger partial charge in [-0.1, -0.05) is 0 Å². The van der Waals surface area contributed by atoms with Crippen molar-refractivity contribution in [2.45, 2.75) is 0 Å². The van der Waals surface area contributed by atoms with Crippen molar-refractivity contribution in [3.05, 3.63) is 22.7 Å². The minimum atomic E-state index is -0.726. The Kier molecular flexibility index (Phi) is 1.99. The first-order valence-electron chi connectivity index (χ1n) is 2.68. The molecule has 0 spiro atoms. The second-order valence-corrected chi connectivity index (χ2v) is 1.59. The lowest BCUT2D eigenvalue weighted by molar-refractivity contribution is 0.535. The summed E-state index contributed by atoms with van der Waals surface area (Å²) in [6, 6.07) is 1.47. The molecule has 0 saturated carbocycles. The first-order valence-corrected chi connectivity index (χ1v) is 2.68. The van der Waals surface area contributed by atoms with Gasteiger partial charge in [-0.3, -0.25) is 0 Å². The predicted octanol–water partition coefficient (Wildman–Crippen LogP) is 0.109. The number of hydrogen-bond acceptors (Lipinski definition) is 3. The van der Waals surface area contributed by atoms with E-state index in [0.29, 0.717) is 0 Å². The first-order chi connectivity index (χ1) is 4.83. The Morgan fingerprint density at radius 1 is 1.80 bits per heavy atom. The standard InChI is InChI=1S/C5H6FN3O/c6-3-8-4-1-2-7-5(10)9-4/h1-2H,3H2,(H2,7,8,9,10). The van der Waals surface area contributed by atoms with Crippen LogP contribution in [-0.4, -0.2) is 16.8 Å². The van der Waals surface area contributed by atoms with Gasteiger partial charge >= 0.3 is 5.69 Å². The van der Waals surface area contributed by atoms with E-state index in [0.717, 1.165) is 0 Å². The molecule has 0 radical (unpaired) electrons. The van der Waals surface area contributed by atoms with Gasteiger partial charge in [0.1, 0.15) is 5.82 Å². The molecule has 1 aromatic rings. The van der Waals surface area contributed by atoms with E-state index >= 15 is 0 Å². The van der Waals surface area contributed by atoms with Crippen molar-refractivity contribution in [1.82, 2.24) is 9.97 Å². The number of nitrogens with one attached hydrogen (secondary N) is 2. The van der Waals surface area contributed by atoms with E-state index in [2.05, 4.69) is 15.3 Å². The highest BCUT2D eigenvalue weighted by atomic mass is 19.1. The maximum Gasteiger partial charge on any atom is 0.346 e. The summed E-state index contributed by atoms with van der Waals surface area (Å²) in [6.07, 6.45) is 1.40. The SMILES string of the molecule is O=c1nc(NCF)cc[nH]1. The van der Waals surface area contributed by atoms with Gasteiger partial charge in [0, 0.05) is 6.20 Å². The van der Waals surface area contributed by atoms with E-state index in [9.17, 15) is 9.18 Å². The Hall–Kier alpha value is -1.39. The van der Waals surface area contributed by atoms with Crippen molar-refractivity contribution in [2.24, 2.45) is 0 Å². The smallest absolute Gasteiger partial charge is 0.343 e. The molecule has 0 atom stereocenters. The summed E-state index contributed by atoms with van der Waals surface area (Å²) >= 11 is 0. The second kappa shape index (κ2) is 2.95. The molecule has 0 amide bonds. The van der Waals surface area contributed by atoms with Crippen LogP contribution < -0.4 is 11.0 Å². The molecular weight excluding hydrogens is 137 g/mol. The van der Waals surface area contributed by atoms with Crippen molar-refractivity contribution in [3.63, 3.8) is 0 Å². The molecule has 0 fully saturated rings. The summed E-state index contributed by atoms with van der Waals surface area (Å²) in [7, 11) is 0. The van der Waals surface area contributed by atoms with E-state index < -0.39 is 12.5 Å². The summed E-state index contributed by atoms with van der Waals surface area (Å²) in [6.45, 7) is -0.726. The van der Waals surface area contributed by atoms with Crippen LogP contribution in [0.5, 0.6) is 0 Å². The fourth-order valence-electron chi connectivity index (χ4n) is 0.538. The molecule has 1 heterocycles. The van der Waals surface area contributed by atoms with Crippen LogP contribution in [0.15, 0.2) is 17.1 Å². The van der Waals surface area contributed by atoms with Crippen molar-refractivity contribution >= 4 is 5.82 Å². The Morgan fingerprint density at radius 3 is 3.20 bits per heavy atom. The molecule has 2 N–H and O–H groups in total. The van der Waals surface area contributed by atoms with E-state index in [1.165, 1.54) is 12.3 Å². The van der Waals surface area contributed by atoms with Gasteiger partial charge in [-0.15, -0.1) is 0 Å². The third-order valence-corrected chi connectivity index (χ3v) is 0.918. The number of anilines is 1. The van der Waals surface area contributed by atoms with Gasteiger partial charge in [0.15, 0.2) is 6.80 Å². The third kappa shape index (κ3) is 1.54. The Bertz CT molecular complexity index is 259. The fraction of sp³-hybridized carbons (Fsp3) is 0.200. The van der Waals surface area contributed by atoms with Crippen molar-refractivity contribution in [2.75, 3.05) is 12.1 Å². The van der Waals surface area contributed by atoms with E-state index in [-0.39, 0.29) is 5.82 Å². The second-order valence-electron chi connectivity index (χ2n) is 1.59. The van der Waals surface area contributed by atoms with Crippen LogP contribution in [0.3, 0.4) is 0 Å². The van der Waals surface area contributed by atoms with Gasteiger partial charge in [0.05, 0.1) is 0 Å². The van der Waals surface area contributed by atoms with Gasteiger partial charge in [-0.25, -0.2) is 9.18 Å². The zero-order chi connectivity index (χ0) is 7.40. The summed E-state index contributed by atoms with van der Waals surface area (Å²) in [4.78, 5) is 16.1. The van der Waals surface area contributed by atoms with Crippen molar-refractivity contribution < 1.29 is 4.39 Å². The van der Waals surface area contributed by atoms with E-state index in [1.807, 2.05) is 0 Å². The molecule has 0 saturated heterocycles. The number of hydrogen-bond donors (Lipinski definition) is 2. The maximum atomic E-state index is 11.5. The zero-order valence-electron chi connectivity index (χ0n) is 5.10. The third-order valence-electron chi connectivity index (χ3n) is 0.918. The van der Waals surface area contributed by atoms with Crippen LogP contribution in [-0.2, 0) is 0 Å². The van der Waals surface area contributed by atoms with Crippen molar-refractivity contribution in [1.29, 1.82) is 0 Å². The molecule has 0 aliphatic rings. The zero-order valence-corrected chi connectivity index (χ0v) is 5.10. The van der Waals surface area contributed by atoms with Crippen LogP contribution in [0.1, 0.15) is 0 Å². The number of aromatic nitrogens is 2. The Balaban J connectivity index is 2.85. The average molecular weight is 143 g/mol. The number of rotatable bonds is 2. The molecule has 0 aliphatic carbocycles. The number of H-pyrrole nitrogens is 1. The lowest BCUT2D eigenvalue weighted by Crippen LogP contribution is -2.11. The number of alkyl halides is 1. The maximum absolute atomic E-state index is 11.5. The summed E-state index contributed by atoms with van der Waals surface area (Å²) < 4.78 is 11.5. The monoisotopic (exact) mass is 143 g/mol. The topological polar surface area (TPSA) is 57.8 Å². The molecule has 0 aliphatic heterocycles. The molecule has 0 aromatic carbocycles. The van der Waals surface area contributed by atoms with Crippen LogP contribution in [0.2, 0.25) is 0 Å². The molecule has 5 heteroatoms. The average Bonchev–Trinajstić information content (AvgIpc) is 1.88. The molecular formula is C5H6FN3O. The highest BCUT2D eigenvalue weighted by Gasteiger charge is 1.89. The highest BCUT2D eigenvalue weighted by Crippen LogP contribution is 1.93. The Morgan fingerprint density at radius 2 is 2.60 bits per heavy atom. The van der Waals surface area contributed by atoms with Gasteiger partial charge in [-0.2, -0.15) is 4.98 Å². The highest BCUT2D eigenvalue weighted by molar-refractivity contribution is 5.30. The minimum absolute atomic E-state index is 0.242. The summed E-state index contributed by atoms with van der Waals surface area (Å²) in [5.74, 6) is 0.242. The molecule has 10 heavy (non-hydrogen) atoms. The normalized spacial score (nSPS) is 9.30. The predicted molar refractivity (Wildman–Crippen MR) is 34.5 cm³/mol. The van der Waals surface area contributed by atoms with Crippen LogP contribution >= 0.6 is 0 Å². The van der Waals surface area contributed by atoms with Crippen molar-refractivity contribution in [3.8, 4) is 0 Å². The van der Waals surface area contributed by atoms with Gasteiger partial charge < -0.3 is 10.3 Å². The quantitative estimate of drug-likeness (QED) is 0.577.